The molecular formula is C12H14N4O2. The lowest BCUT2D eigenvalue weighted by Gasteiger charge is -2.23. The number of hydrogen-bond acceptors (Lipinski definition) is 4. The lowest BCUT2D eigenvalue weighted by Crippen LogP contribution is -2.36. The van der Waals surface area contributed by atoms with Crippen LogP contribution in [0.25, 0.3) is 11.0 Å². The van der Waals surface area contributed by atoms with E-state index in [1.165, 1.54) is 0 Å². The minimum atomic E-state index is -0.785. The second kappa shape index (κ2) is 3.97. The number of aliphatic carboxylic acids is 1. The summed E-state index contributed by atoms with van der Waals surface area (Å²) in [6, 6.07) is 1.42. The fourth-order valence-electron chi connectivity index (χ4n) is 2.53. The number of carboxylic acid groups (broad SMARTS) is 1. The molecule has 1 fully saturated rings. The summed E-state index contributed by atoms with van der Waals surface area (Å²) in [4.78, 5) is 24.9. The number of aromatic amines is 1. The number of aryl methyl sites for hydroxylation is 1. The molecule has 1 saturated heterocycles. The zero-order valence-electron chi connectivity index (χ0n) is 10.1. The molecule has 18 heavy (non-hydrogen) atoms. The van der Waals surface area contributed by atoms with Gasteiger partial charge in [0.1, 0.15) is 23.3 Å². The van der Waals surface area contributed by atoms with Gasteiger partial charge in [-0.2, -0.15) is 0 Å². The van der Waals surface area contributed by atoms with E-state index in [4.69, 9.17) is 0 Å². The van der Waals surface area contributed by atoms with Crippen molar-refractivity contribution >= 4 is 22.8 Å². The van der Waals surface area contributed by atoms with E-state index in [9.17, 15) is 9.90 Å². The Morgan fingerprint density at radius 3 is 3.17 bits per heavy atom. The summed E-state index contributed by atoms with van der Waals surface area (Å²) in [5, 5.41) is 10.1. The van der Waals surface area contributed by atoms with Crippen LogP contribution >= 0.6 is 0 Å². The van der Waals surface area contributed by atoms with Crippen molar-refractivity contribution in [3.63, 3.8) is 0 Å². The molecule has 0 aromatic carbocycles. The molecule has 1 aliphatic heterocycles. The molecule has 0 aliphatic carbocycles. The van der Waals surface area contributed by atoms with Gasteiger partial charge < -0.3 is 15.0 Å². The Kier molecular flexibility index (Phi) is 2.43. The van der Waals surface area contributed by atoms with Crippen molar-refractivity contribution in [3.05, 3.63) is 18.1 Å². The van der Waals surface area contributed by atoms with Gasteiger partial charge >= 0.3 is 5.97 Å². The Balaban J connectivity index is 2.13. The average Bonchev–Trinajstić information content (AvgIpc) is 2.95. The van der Waals surface area contributed by atoms with Crippen LogP contribution in [0, 0.1) is 6.92 Å². The van der Waals surface area contributed by atoms with Crippen molar-refractivity contribution in [3.8, 4) is 0 Å². The normalized spacial score (nSPS) is 19.6. The van der Waals surface area contributed by atoms with Crippen LogP contribution in [-0.4, -0.2) is 38.6 Å². The monoisotopic (exact) mass is 246 g/mol. The first kappa shape index (κ1) is 11.0. The Morgan fingerprint density at radius 2 is 2.39 bits per heavy atom. The molecule has 3 heterocycles. The first-order valence-corrected chi connectivity index (χ1v) is 5.98. The first-order valence-electron chi connectivity index (χ1n) is 5.98. The van der Waals surface area contributed by atoms with Gasteiger partial charge in [-0.1, -0.05) is 0 Å². The van der Waals surface area contributed by atoms with Crippen molar-refractivity contribution < 1.29 is 9.90 Å². The molecule has 0 amide bonds. The van der Waals surface area contributed by atoms with E-state index in [0.29, 0.717) is 12.2 Å². The summed E-state index contributed by atoms with van der Waals surface area (Å²) in [6.45, 7) is 2.54. The molecule has 1 aliphatic rings. The van der Waals surface area contributed by atoms with Gasteiger partial charge in [-0.05, 0) is 25.8 Å². The SMILES string of the molecule is Cc1nc(N2CCCC2C(=O)O)c2cc[nH]c2n1. The van der Waals surface area contributed by atoms with Crippen LogP contribution in [0.3, 0.4) is 0 Å². The summed E-state index contributed by atoms with van der Waals surface area (Å²) in [7, 11) is 0. The molecule has 3 rings (SSSR count). The number of carboxylic acids is 1. The van der Waals surface area contributed by atoms with Crippen LogP contribution in [0.1, 0.15) is 18.7 Å². The number of anilines is 1. The second-order valence-corrected chi connectivity index (χ2v) is 4.52. The lowest BCUT2D eigenvalue weighted by molar-refractivity contribution is -0.138. The van der Waals surface area contributed by atoms with Gasteiger partial charge in [-0.15, -0.1) is 0 Å². The zero-order chi connectivity index (χ0) is 12.7. The van der Waals surface area contributed by atoms with Crippen molar-refractivity contribution in [2.45, 2.75) is 25.8 Å². The fourth-order valence-corrected chi connectivity index (χ4v) is 2.53. The standard InChI is InChI=1S/C12H14N4O2/c1-7-14-10-8(4-5-13-10)11(15-7)16-6-2-3-9(16)12(17)18/h4-5,9H,2-3,6H2,1H3,(H,17,18)(H,13,14,15). The highest BCUT2D eigenvalue weighted by Crippen LogP contribution is 2.29. The van der Waals surface area contributed by atoms with Gasteiger partial charge in [0, 0.05) is 12.7 Å². The molecule has 2 aromatic heterocycles. The quantitative estimate of drug-likeness (QED) is 0.835. The Morgan fingerprint density at radius 1 is 1.56 bits per heavy atom. The third-order valence-electron chi connectivity index (χ3n) is 3.32. The van der Waals surface area contributed by atoms with Gasteiger partial charge in [0.25, 0.3) is 0 Å². The molecule has 2 aromatic rings. The van der Waals surface area contributed by atoms with Crippen molar-refractivity contribution in [2.24, 2.45) is 0 Å². The number of aromatic nitrogens is 3. The van der Waals surface area contributed by atoms with Crippen molar-refractivity contribution in [2.75, 3.05) is 11.4 Å². The van der Waals surface area contributed by atoms with Crippen molar-refractivity contribution in [1.82, 2.24) is 15.0 Å². The van der Waals surface area contributed by atoms with E-state index in [-0.39, 0.29) is 0 Å². The molecule has 0 radical (unpaired) electrons. The van der Waals surface area contributed by atoms with Crippen LogP contribution in [-0.2, 0) is 4.79 Å². The number of hydrogen-bond donors (Lipinski definition) is 2. The van der Waals surface area contributed by atoms with Gasteiger partial charge in [0.15, 0.2) is 0 Å². The van der Waals surface area contributed by atoms with Crippen LogP contribution in [0.5, 0.6) is 0 Å². The van der Waals surface area contributed by atoms with Gasteiger partial charge in [-0.3, -0.25) is 0 Å². The zero-order valence-corrected chi connectivity index (χ0v) is 10.1. The van der Waals surface area contributed by atoms with Crippen molar-refractivity contribution in [1.29, 1.82) is 0 Å². The Bertz CT molecular complexity index is 607. The fraction of sp³-hybridized carbons (Fsp3) is 0.417. The minimum Gasteiger partial charge on any atom is -0.480 e. The highest BCUT2D eigenvalue weighted by Gasteiger charge is 2.32. The summed E-state index contributed by atoms with van der Waals surface area (Å²) in [6.07, 6.45) is 3.35. The van der Waals surface area contributed by atoms with Crippen LogP contribution in [0.15, 0.2) is 12.3 Å². The summed E-state index contributed by atoms with van der Waals surface area (Å²) < 4.78 is 0. The number of nitrogens with zero attached hydrogens (tertiary/aromatic N) is 3. The van der Waals surface area contributed by atoms with Gasteiger partial charge in [-0.25, -0.2) is 14.8 Å². The van der Waals surface area contributed by atoms with Crippen LogP contribution in [0.2, 0.25) is 0 Å². The third kappa shape index (κ3) is 1.61. The van der Waals surface area contributed by atoms with Gasteiger partial charge in [0.2, 0.25) is 0 Å². The maximum absolute atomic E-state index is 11.3. The molecule has 0 spiro atoms. The number of fused-ring (bicyclic) bond motifs is 1. The number of nitrogens with one attached hydrogen (secondary N) is 1. The number of rotatable bonds is 2. The molecule has 94 valence electrons. The summed E-state index contributed by atoms with van der Waals surface area (Å²) >= 11 is 0. The van der Waals surface area contributed by atoms with E-state index in [2.05, 4.69) is 15.0 Å². The molecule has 6 heteroatoms. The molecule has 1 unspecified atom stereocenters. The predicted octanol–water partition coefficient (Wildman–Crippen LogP) is 1.32. The first-order chi connectivity index (χ1) is 8.66. The maximum Gasteiger partial charge on any atom is 0.326 e. The highest BCUT2D eigenvalue weighted by atomic mass is 16.4. The molecule has 1 atom stereocenters. The summed E-state index contributed by atoms with van der Waals surface area (Å²) in [5.74, 6) is 0.590. The molecular weight excluding hydrogens is 232 g/mol. The topological polar surface area (TPSA) is 82.1 Å². The molecule has 2 N–H and O–H groups in total. The van der Waals surface area contributed by atoms with Crippen LogP contribution in [0.4, 0.5) is 5.82 Å². The minimum absolute atomic E-state index is 0.475. The predicted molar refractivity (Wildman–Crippen MR) is 66.6 cm³/mol. The smallest absolute Gasteiger partial charge is 0.326 e. The van der Waals surface area contributed by atoms with E-state index in [0.717, 1.165) is 29.8 Å². The second-order valence-electron chi connectivity index (χ2n) is 4.52. The van der Waals surface area contributed by atoms with Crippen LogP contribution < -0.4 is 4.90 Å². The van der Waals surface area contributed by atoms with E-state index >= 15 is 0 Å². The van der Waals surface area contributed by atoms with Gasteiger partial charge in [0.05, 0.1) is 5.39 Å². The number of carbonyl (C=O) groups is 1. The van der Waals surface area contributed by atoms with E-state index in [1.54, 1.807) is 6.20 Å². The average molecular weight is 246 g/mol. The largest absolute Gasteiger partial charge is 0.480 e. The van der Waals surface area contributed by atoms with E-state index < -0.39 is 12.0 Å². The summed E-state index contributed by atoms with van der Waals surface area (Å²) in [5.41, 5.74) is 0.758. The Labute approximate surface area is 104 Å². The molecule has 0 saturated carbocycles. The lowest BCUT2D eigenvalue weighted by atomic mass is 10.2. The number of H-pyrrole nitrogens is 1. The molecule has 0 bridgehead atoms. The van der Waals surface area contributed by atoms with E-state index in [1.807, 2.05) is 17.9 Å². The Hall–Kier alpha value is -2.11. The highest BCUT2D eigenvalue weighted by molar-refractivity contribution is 5.90. The molecule has 6 nitrogen and oxygen atoms in total. The third-order valence-corrected chi connectivity index (χ3v) is 3.32. The maximum atomic E-state index is 11.3.